The molecule has 0 atom stereocenters. The van der Waals surface area contributed by atoms with Gasteiger partial charge in [-0.1, -0.05) is 30.3 Å². The zero-order valence-corrected chi connectivity index (χ0v) is 12.7. The van der Waals surface area contributed by atoms with Gasteiger partial charge in [0.05, 0.1) is 12.7 Å². The Balaban J connectivity index is 1.57. The number of ether oxygens (including phenoxy) is 1. The minimum atomic E-state index is -0.0927. The quantitative estimate of drug-likeness (QED) is 0.921. The average molecular weight is 296 g/mol. The molecule has 1 amide bonds. The average Bonchev–Trinajstić information content (AvgIpc) is 2.98. The molecule has 0 fully saturated rings. The number of anilines is 1. The molecule has 1 aliphatic heterocycles. The number of rotatable bonds is 5. The van der Waals surface area contributed by atoms with E-state index in [0.29, 0.717) is 17.9 Å². The van der Waals surface area contributed by atoms with Crippen molar-refractivity contribution in [3.05, 3.63) is 59.7 Å². The molecule has 2 aromatic carbocycles. The molecule has 22 heavy (non-hydrogen) atoms. The SMILES string of the molecule is COc1ccccc1C(=O)NCCN1CCc2ccccc21. The molecule has 4 nitrogen and oxygen atoms in total. The molecule has 0 bridgehead atoms. The first-order chi connectivity index (χ1) is 10.8. The van der Waals surface area contributed by atoms with Crippen LogP contribution in [0.15, 0.2) is 48.5 Å². The van der Waals surface area contributed by atoms with Gasteiger partial charge in [0.1, 0.15) is 5.75 Å². The van der Waals surface area contributed by atoms with Crippen LogP contribution < -0.4 is 15.0 Å². The fraction of sp³-hybridized carbons (Fsp3) is 0.278. The summed E-state index contributed by atoms with van der Waals surface area (Å²) < 4.78 is 5.22. The van der Waals surface area contributed by atoms with Crippen LogP contribution in [0, 0.1) is 0 Å². The zero-order chi connectivity index (χ0) is 15.4. The number of fused-ring (bicyclic) bond motifs is 1. The lowest BCUT2D eigenvalue weighted by Gasteiger charge is -2.19. The Morgan fingerprint density at radius 3 is 2.82 bits per heavy atom. The Bertz CT molecular complexity index is 670. The maximum atomic E-state index is 12.2. The lowest BCUT2D eigenvalue weighted by Crippen LogP contribution is -2.34. The summed E-state index contributed by atoms with van der Waals surface area (Å²) in [5.41, 5.74) is 3.25. The fourth-order valence-corrected chi connectivity index (χ4v) is 2.87. The smallest absolute Gasteiger partial charge is 0.255 e. The van der Waals surface area contributed by atoms with E-state index in [1.807, 2.05) is 12.1 Å². The van der Waals surface area contributed by atoms with Gasteiger partial charge < -0.3 is 15.0 Å². The normalized spacial score (nSPS) is 12.9. The molecule has 0 spiro atoms. The number of methoxy groups -OCH3 is 1. The maximum Gasteiger partial charge on any atom is 0.255 e. The molecule has 114 valence electrons. The Kier molecular flexibility index (Phi) is 4.28. The van der Waals surface area contributed by atoms with E-state index in [1.54, 1.807) is 19.2 Å². The lowest BCUT2D eigenvalue weighted by molar-refractivity contribution is 0.0951. The first-order valence-corrected chi connectivity index (χ1v) is 7.53. The van der Waals surface area contributed by atoms with E-state index in [1.165, 1.54) is 11.3 Å². The molecular weight excluding hydrogens is 276 g/mol. The van der Waals surface area contributed by atoms with Crippen molar-refractivity contribution in [2.45, 2.75) is 6.42 Å². The number of para-hydroxylation sites is 2. The summed E-state index contributed by atoms with van der Waals surface area (Å²) in [6.07, 6.45) is 1.08. The van der Waals surface area contributed by atoms with Crippen molar-refractivity contribution in [3.8, 4) is 5.75 Å². The highest BCUT2D eigenvalue weighted by Gasteiger charge is 2.18. The van der Waals surface area contributed by atoms with E-state index in [-0.39, 0.29) is 5.91 Å². The number of hydrogen-bond donors (Lipinski definition) is 1. The number of hydrogen-bond acceptors (Lipinski definition) is 3. The van der Waals surface area contributed by atoms with Gasteiger partial charge in [-0.15, -0.1) is 0 Å². The van der Waals surface area contributed by atoms with Crippen molar-refractivity contribution in [3.63, 3.8) is 0 Å². The molecule has 0 unspecified atom stereocenters. The van der Waals surface area contributed by atoms with E-state index < -0.39 is 0 Å². The third-order valence-corrected chi connectivity index (χ3v) is 4.00. The summed E-state index contributed by atoms with van der Waals surface area (Å²) in [5.74, 6) is 0.511. The summed E-state index contributed by atoms with van der Waals surface area (Å²) in [5, 5.41) is 2.97. The largest absolute Gasteiger partial charge is 0.496 e. The second-order valence-corrected chi connectivity index (χ2v) is 5.32. The van der Waals surface area contributed by atoms with Gasteiger partial charge in [-0.2, -0.15) is 0 Å². The zero-order valence-electron chi connectivity index (χ0n) is 12.7. The van der Waals surface area contributed by atoms with E-state index in [0.717, 1.165) is 19.5 Å². The van der Waals surface area contributed by atoms with Crippen LogP contribution in [0.1, 0.15) is 15.9 Å². The van der Waals surface area contributed by atoms with Crippen molar-refractivity contribution in [1.82, 2.24) is 5.32 Å². The number of carbonyl (C=O) groups excluding carboxylic acids is 1. The third-order valence-electron chi connectivity index (χ3n) is 4.00. The first-order valence-electron chi connectivity index (χ1n) is 7.53. The number of carbonyl (C=O) groups is 1. The summed E-state index contributed by atoms with van der Waals surface area (Å²) in [6, 6.07) is 15.7. The lowest BCUT2D eigenvalue weighted by atomic mass is 10.2. The van der Waals surface area contributed by atoms with Gasteiger partial charge in [-0.3, -0.25) is 4.79 Å². The van der Waals surface area contributed by atoms with Crippen LogP contribution in [0.5, 0.6) is 5.75 Å². The molecule has 0 aliphatic carbocycles. The number of benzene rings is 2. The molecule has 0 saturated heterocycles. The monoisotopic (exact) mass is 296 g/mol. The molecule has 1 aliphatic rings. The molecule has 3 rings (SSSR count). The van der Waals surface area contributed by atoms with Crippen LogP contribution in [0.3, 0.4) is 0 Å². The summed E-state index contributed by atoms with van der Waals surface area (Å²) in [4.78, 5) is 14.6. The van der Waals surface area contributed by atoms with E-state index in [4.69, 9.17) is 4.74 Å². The highest BCUT2D eigenvalue weighted by molar-refractivity contribution is 5.96. The van der Waals surface area contributed by atoms with Gasteiger partial charge in [0.15, 0.2) is 0 Å². The van der Waals surface area contributed by atoms with Crippen LogP contribution in [-0.4, -0.2) is 32.7 Å². The summed E-state index contributed by atoms with van der Waals surface area (Å²) >= 11 is 0. The summed E-state index contributed by atoms with van der Waals surface area (Å²) in [7, 11) is 1.58. The van der Waals surface area contributed by atoms with Crippen molar-refractivity contribution in [2.24, 2.45) is 0 Å². The Labute approximate surface area is 130 Å². The van der Waals surface area contributed by atoms with Crippen molar-refractivity contribution < 1.29 is 9.53 Å². The van der Waals surface area contributed by atoms with Crippen molar-refractivity contribution in [2.75, 3.05) is 31.6 Å². The minimum absolute atomic E-state index is 0.0927. The van der Waals surface area contributed by atoms with Crippen molar-refractivity contribution in [1.29, 1.82) is 0 Å². The Hall–Kier alpha value is -2.49. The molecule has 4 heteroatoms. The van der Waals surface area contributed by atoms with Gasteiger partial charge in [-0.25, -0.2) is 0 Å². The second-order valence-electron chi connectivity index (χ2n) is 5.32. The van der Waals surface area contributed by atoms with Crippen LogP contribution in [0.25, 0.3) is 0 Å². The molecule has 0 saturated carbocycles. The minimum Gasteiger partial charge on any atom is -0.496 e. The van der Waals surface area contributed by atoms with E-state index >= 15 is 0 Å². The topological polar surface area (TPSA) is 41.6 Å². The van der Waals surface area contributed by atoms with Gasteiger partial charge in [0.25, 0.3) is 5.91 Å². The van der Waals surface area contributed by atoms with E-state index in [9.17, 15) is 4.79 Å². The number of nitrogens with zero attached hydrogens (tertiary/aromatic N) is 1. The molecule has 1 N–H and O–H groups in total. The molecule has 2 aromatic rings. The molecule has 0 radical (unpaired) electrons. The second kappa shape index (κ2) is 6.52. The van der Waals surface area contributed by atoms with Crippen LogP contribution in [-0.2, 0) is 6.42 Å². The number of amides is 1. The standard InChI is InChI=1S/C18H20N2O2/c1-22-17-9-5-3-7-15(17)18(21)19-11-13-20-12-10-14-6-2-4-8-16(14)20/h2-9H,10-13H2,1H3,(H,19,21). The maximum absolute atomic E-state index is 12.2. The van der Waals surface area contributed by atoms with Crippen LogP contribution in [0.2, 0.25) is 0 Å². The highest BCUT2D eigenvalue weighted by atomic mass is 16.5. The number of nitrogens with one attached hydrogen (secondary N) is 1. The fourth-order valence-electron chi connectivity index (χ4n) is 2.87. The summed E-state index contributed by atoms with van der Waals surface area (Å²) in [6.45, 7) is 2.45. The molecule has 1 heterocycles. The van der Waals surface area contributed by atoms with Gasteiger partial charge >= 0.3 is 0 Å². The van der Waals surface area contributed by atoms with Crippen molar-refractivity contribution >= 4 is 11.6 Å². The van der Waals surface area contributed by atoms with Gasteiger partial charge in [0.2, 0.25) is 0 Å². The Morgan fingerprint density at radius 2 is 1.95 bits per heavy atom. The van der Waals surface area contributed by atoms with Gasteiger partial charge in [-0.05, 0) is 30.2 Å². The predicted molar refractivity (Wildman–Crippen MR) is 87.7 cm³/mol. The molecular formula is C18H20N2O2. The first kappa shape index (κ1) is 14.4. The van der Waals surface area contributed by atoms with Crippen LogP contribution >= 0.6 is 0 Å². The highest BCUT2D eigenvalue weighted by Crippen LogP contribution is 2.26. The van der Waals surface area contributed by atoms with Gasteiger partial charge in [0, 0.05) is 25.3 Å². The third kappa shape index (κ3) is 2.91. The van der Waals surface area contributed by atoms with E-state index in [2.05, 4.69) is 34.5 Å². The Morgan fingerprint density at radius 1 is 1.18 bits per heavy atom. The predicted octanol–water partition coefficient (Wildman–Crippen LogP) is 2.49. The molecule has 0 aromatic heterocycles. The van der Waals surface area contributed by atoms with Crippen LogP contribution in [0.4, 0.5) is 5.69 Å².